The number of aromatic amines is 1. The van der Waals surface area contributed by atoms with Crippen molar-refractivity contribution in [2.75, 3.05) is 26.7 Å². The van der Waals surface area contributed by atoms with Gasteiger partial charge in [-0.1, -0.05) is 20.8 Å². The highest BCUT2D eigenvalue weighted by Gasteiger charge is 2.37. The number of hydrogen-bond acceptors (Lipinski definition) is 4. The summed E-state index contributed by atoms with van der Waals surface area (Å²) in [7, 11) is 0.0136. The Morgan fingerprint density at radius 1 is 1.24 bits per heavy atom. The monoisotopic (exact) mass is 423 g/mol. The molecule has 2 N–H and O–H groups in total. The lowest BCUT2D eigenvalue weighted by atomic mass is 9.94. The van der Waals surface area contributed by atoms with Gasteiger partial charge < -0.3 is 14.7 Å². The molecule has 0 radical (unpaired) electrons. The van der Waals surface area contributed by atoms with Gasteiger partial charge in [0.1, 0.15) is 0 Å². The lowest BCUT2D eigenvalue weighted by Gasteiger charge is -2.38. The Balaban J connectivity index is 1.86. The average Bonchev–Trinajstić information content (AvgIpc) is 2.61. The molecule has 0 fully saturated rings. The molecule has 3 rings (SSSR count). The van der Waals surface area contributed by atoms with Crippen LogP contribution in [-0.2, 0) is 11.0 Å². The Kier molecular flexibility index (Phi) is 6.02. The van der Waals surface area contributed by atoms with Gasteiger partial charge in [0.2, 0.25) is 0 Å². The van der Waals surface area contributed by atoms with E-state index in [1.54, 1.807) is 0 Å². The van der Waals surface area contributed by atoms with Crippen LogP contribution in [0.5, 0.6) is 0 Å². The third kappa shape index (κ3) is 4.30. The number of likely N-dealkylation sites (N-methyl/N-ethyl adjacent to an activating group) is 1. The number of halogens is 2. The molecule has 5 nitrogen and oxygen atoms in total. The number of pyridine rings is 1. The van der Waals surface area contributed by atoms with Crippen molar-refractivity contribution in [3.05, 3.63) is 45.4 Å². The fourth-order valence-corrected chi connectivity index (χ4v) is 4.64. The molecule has 0 aliphatic carbocycles. The Bertz CT molecular complexity index is 969. The Morgan fingerprint density at radius 3 is 2.45 bits per heavy atom. The van der Waals surface area contributed by atoms with Gasteiger partial charge in [0.05, 0.1) is 5.39 Å². The summed E-state index contributed by atoms with van der Waals surface area (Å²) in [6, 6.07) is 2.02. The molecule has 1 aromatic carbocycles. The third-order valence-corrected chi connectivity index (χ3v) is 10.9. The van der Waals surface area contributed by atoms with Crippen molar-refractivity contribution in [2.24, 2.45) is 0 Å². The Hall–Kier alpha value is -1.61. The zero-order valence-corrected chi connectivity index (χ0v) is 19.1. The summed E-state index contributed by atoms with van der Waals surface area (Å²) in [5.74, 6) is -1.95. The number of rotatable bonds is 5. The molecule has 8 heteroatoms. The van der Waals surface area contributed by atoms with Gasteiger partial charge in [-0.25, -0.2) is 8.78 Å². The standard InChI is InChI=1S/C21H31F2N3O2Si/c1-21(2,3)29(5,6)28-8-7-26-11-17(24-4)19-13-9-15(22)16(23)10-14(13)20(27)25-18(19)12-26/h9-10,17,24H,7-8,11-12H2,1-6H3,(H,25,27). The van der Waals surface area contributed by atoms with Gasteiger partial charge in [-0.2, -0.15) is 0 Å². The van der Waals surface area contributed by atoms with Crippen molar-refractivity contribution < 1.29 is 13.2 Å². The number of hydrogen-bond donors (Lipinski definition) is 2. The summed E-state index contributed by atoms with van der Waals surface area (Å²) >= 11 is 0. The normalized spacial score (nSPS) is 18.3. The second-order valence-electron chi connectivity index (χ2n) is 9.34. The van der Waals surface area contributed by atoms with Gasteiger partial charge >= 0.3 is 0 Å². The Labute approximate surface area is 171 Å². The maximum absolute atomic E-state index is 13.9. The minimum atomic E-state index is -1.82. The number of H-pyrrole nitrogens is 1. The third-order valence-electron chi connectivity index (χ3n) is 6.38. The van der Waals surface area contributed by atoms with Gasteiger partial charge in [-0.3, -0.25) is 9.69 Å². The largest absolute Gasteiger partial charge is 0.416 e. The van der Waals surface area contributed by atoms with E-state index in [4.69, 9.17) is 4.43 Å². The van der Waals surface area contributed by atoms with E-state index < -0.39 is 25.5 Å². The summed E-state index contributed by atoms with van der Waals surface area (Å²) in [6.07, 6.45) is 0. The van der Waals surface area contributed by atoms with Gasteiger partial charge in [0.15, 0.2) is 20.0 Å². The van der Waals surface area contributed by atoms with Crippen molar-refractivity contribution in [1.82, 2.24) is 15.2 Å². The minimum absolute atomic E-state index is 0.101. The van der Waals surface area contributed by atoms with Crippen molar-refractivity contribution in [2.45, 2.75) is 51.5 Å². The van der Waals surface area contributed by atoms with Crippen molar-refractivity contribution in [3.8, 4) is 0 Å². The Morgan fingerprint density at radius 2 is 1.86 bits per heavy atom. The van der Waals surface area contributed by atoms with E-state index in [2.05, 4.69) is 49.1 Å². The van der Waals surface area contributed by atoms with Crippen LogP contribution in [0.25, 0.3) is 10.8 Å². The molecule has 29 heavy (non-hydrogen) atoms. The second-order valence-corrected chi connectivity index (χ2v) is 14.2. The second kappa shape index (κ2) is 7.90. The molecular weight excluding hydrogens is 392 g/mol. The first-order chi connectivity index (χ1) is 13.4. The van der Waals surface area contributed by atoms with Crippen LogP contribution in [-0.4, -0.2) is 44.9 Å². The van der Waals surface area contributed by atoms with Crippen molar-refractivity contribution in [3.63, 3.8) is 0 Å². The zero-order valence-electron chi connectivity index (χ0n) is 18.1. The lowest BCUT2D eigenvalue weighted by molar-refractivity contribution is 0.167. The van der Waals surface area contributed by atoms with E-state index in [-0.39, 0.29) is 16.5 Å². The topological polar surface area (TPSA) is 57.4 Å². The average molecular weight is 424 g/mol. The molecule has 0 spiro atoms. The van der Waals surface area contributed by atoms with Gasteiger partial charge in [0.25, 0.3) is 5.56 Å². The smallest absolute Gasteiger partial charge is 0.256 e. The maximum atomic E-state index is 13.9. The number of fused-ring (bicyclic) bond motifs is 3. The van der Waals surface area contributed by atoms with Gasteiger partial charge in [-0.05, 0) is 48.3 Å². The van der Waals surface area contributed by atoms with Crippen LogP contribution < -0.4 is 10.9 Å². The first kappa shape index (κ1) is 22.1. The van der Waals surface area contributed by atoms with Crippen LogP contribution in [0.1, 0.15) is 38.1 Å². The highest BCUT2D eigenvalue weighted by Crippen LogP contribution is 2.36. The number of nitrogens with one attached hydrogen (secondary N) is 2. The zero-order chi connectivity index (χ0) is 21.6. The molecule has 1 aromatic heterocycles. The molecule has 1 aliphatic rings. The van der Waals surface area contributed by atoms with Crippen LogP contribution in [0, 0.1) is 11.6 Å². The highest BCUT2D eigenvalue weighted by molar-refractivity contribution is 6.74. The molecular formula is C21H31F2N3O2Si. The summed E-state index contributed by atoms with van der Waals surface area (Å²) in [5.41, 5.74) is 1.18. The summed E-state index contributed by atoms with van der Waals surface area (Å²) in [4.78, 5) is 17.6. The van der Waals surface area contributed by atoms with Crippen molar-refractivity contribution in [1.29, 1.82) is 0 Å². The van der Waals surface area contributed by atoms with Crippen LogP contribution in [0.15, 0.2) is 16.9 Å². The van der Waals surface area contributed by atoms with E-state index in [1.165, 1.54) is 0 Å². The minimum Gasteiger partial charge on any atom is -0.416 e. The summed E-state index contributed by atoms with van der Waals surface area (Å²) in [6.45, 7) is 13.7. The van der Waals surface area contributed by atoms with Crippen LogP contribution >= 0.6 is 0 Å². The number of nitrogens with zero attached hydrogens (tertiary/aromatic N) is 1. The van der Waals surface area contributed by atoms with Gasteiger partial charge in [-0.15, -0.1) is 0 Å². The lowest BCUT2D eigenvalue weighted by Crippen LogP contribution is -2.45. The highest BCUT2D eigenvalue weighted by atomic mass is 28.4. The van der Waals surface area contributed by atoms with E-state index in [0.29, 0.717) is 25.1 Å². The first-order valence-corrected chi connectivity index (χ1v) is 12.9. The fraction of sp³-hybridized carbons (Fsp3) is 0.571. The van der Waals surface area contributed by atoms with E-state index >= 15 is 0 Å². The molecule has 2 heterocycles. The molecule has 1 unspecified atom stereocenters. The van der Waals surface area contributed by atoms with Crippen LogP contribution in [0.2, 0.25) is 18.1 Å². The summed E-state index contributed by atoms with van der Waals surface area (Å²) in [5, 5.41) is 4.06. The molecule has 1 atom stereocenters. The van der Waals surface area contributed by atoms with Gasteiger partial charge in [0, 0.05) is 38.0 Å². The fourth-order valence-electron chi connectivity index (χ4n) is 3.60. The molecule has 0 amide bonds. The molecule has 160 valence electrons. The molecule has 0 saturated heterocycles. The van der Waals surface area contributed by atoms with E-state index in [1.807, 2.05) is 7.05 Å². The number of benzene rings is 1. The number of aromatic nitrogens is 1. The molecule has 0 bridgehead atoms. The van der Waals surface area contributed by atoms with Crippen LogP contribution in [0.3, 0.4) is 0 Å². The molecule has 1 aliphatic heterocycles. The quantitative estimate of drug-likeness (QED) is 0.716. The summed E-state index contributed by atoms with van der Waals surface area (Å²) < 4.78 is 33.9. The molecule has 0 saturated carbocycles. The predicted molar refractivity (Wildman–Crippen MR) is 115 cm³/mol. The molecule has 2 aromatic rings. The SMILES string of the molecule is CNC1CN(CCO[Si](C)(C)C(C)(C)C)Cc2[nH]c(=O)c3cc(F)c(F)cc3c21. The van der Waals surface area contributed by atoms with E-state index in [9.17, 15) is 13.6 Å². The van der Waals surface area contributed by atoms with E-state index in [0.717, 1.165) is 29.9 Å². The predicted octanol–water partition coefficient (Wildman–Crippen LogP) is 3.90. The first-order valence-electron chi connectivity index (χ1n) is 10.0. The van der Waals surface area contributed by atoms with Crippen molar-refractivity contribution >= 4 is 19.1 Å². The maximum Gasteiger partial charge on any atom is 0.256 e. The van der Waals surface area contributed by atoms with Crippen LogP contribution in [0.4, 0.5) is 8.78 Å².